The van der Waals surface area contributed by atoms with Gasteiger partial charge >= 0.3 is 5.97 Å². The average Bonchev–Trinajstić information content (AvgIpc) is 3.55. The van der Waals surface area contributed by atoms with Crippen LogP contribution in [0.25, 0.3) is 0 Å². The number of aromatic nitrogens is 3. The van der Waals surface area contributed by atoms with Crippen molar-refractivity contribution in [3.63, 3.8) is 0 Å². The van der Waals surface area contributed by atoms with Gasteiger partial charge < -0.3 is 15.2 Å². The van der Waals surface area contributed by atoms with Gasteiger partial charge in [-0.25, -0.2) is 9.67 Å². The monoisotopic (exact) mass is 530 g/mol. The van der Waals surface area contributed by atoms with Gasteiger partial charge in [0.1, 0.15) is 5.82 Å². The molecule has 1 aliphatic heterocycles. The zero-order valence-corrected chi connectivity index (χ0v) is 24.0. The highest BCUT2D eigenvalue weighted by Gasteiger charge is 2.40. The summed E-state index contributed by atoms with van der Waals surface area (Å²) >= 11 is 0. The fourth-order valence-corrected chi connectivity index (χ4v) is 5.43. The SMILES string of the molecule is Cn1nc(CC(CC(=O)O)c2cc(C(C)(C)C)cc(C3(C)CC3)c2)cc1OCCc1ccc2c(n1)NCCC2. The number of carboxylic acid groups (broad SMARTS) is 1. The first kappa shape index (κ1) is 27.2. The highest BCUT2D eigenvalue weighted by molar-refractivity contribution is 5.68. The van der Waals surface area contributed by atoms with E-state index in [2.05, 4.69) is 63.3 Å². The molecule has 0 amide bonds. The number of carbonyl (C=O) groups is 1. The number of aliphatic carboxylic acids is 1. The van der Waals surface area contributed by atoms with Crippen LogP contribution in [0.3, 0.4) is 0 Å². The van der Waals surface area contributed by atoms with Gasteiger partial charge in [-0.15, -0.1) is 0 Å². The van der Waals surface area contributed by atoms with E-state index >= 15 is 0 Å². The molecule has 39 heavy (non-hydrogen) atoms. The summed E-state index contributed by atoms with van der Waals surface area (Å²) in [6.07, 6.45) is 5.91. The Hall–Kier alpha value is -3.35. The Morgan fingerprint density at radius 3 is 2.69 bits per heavy atom. The van der Waals surface area contributed by atoms with Crippen LogP contribution in [0.4, 0.5) is 5.82 Å². The van der Waals surface area contributed by atoms with Crippen molar-refractivity contribution in [2.45, 2.75) is 89.4 Å². The number of nitrogens with zero attached hydrogens (tertiary/aromatic N) is 3. The van der Waals surface area contributed by atoms with Crippen LogP contribution in [-0.2, 0) is 41.9 Å². The van der Waals surface area contributed by atoms with Crippen molar-refractivity contribution in [3.8, 4) is 5.88 Å². The second-order valence-electron chi connectivity index (χ2n) is 12.7. The van der Waals surface area contributed by atoms with Crippen LogP contribution in [0.15, 0.2) is 36.4 Å². The summed E-state index contributed by atoms with van der Waals surface area (Å²) in [7, 11) is 1.87. The summed E-state index contributed by atoms with van der Waals surface area (Å²) in [6, 6.07) is 13.0. The highest BCUT2D eigenvalue weighted by Crippen LogP contribution is 2.49. The molecule has 5 rings (SSSR count). The third kappa shape index (κ3) is 6.45. The standard InChI is InChI=1S/C32H42N4O3/c1-31(2,3)24-15-22(16-25(19-24)32(4)11-12-32)23(18-29(37)38)17-27-20-28(36(5)35-27)39-14-10-26-9-8-21-7-6-13-33-30(21)34-26/h8-9,15-16,19-20,23H,6-7,10-14,17-18H2,1-5H3,(H,33,34)(H,37,38). The summed E-state index contributed by atoms with van der Waals surface area (Å²) in [5.74, 6) is 0.728. The van der Waals surface area contributed by atoms with E-state index in [-0.39, 0.29) is 23.2 Å². The third-order valence-electron chi connectivity index (χ3n) is 8.31. The zero-order valence-electron chi connectivity index (χ0n) is 24.0. The summed E-state index contributed by atoms with van der Waals surface area (Å²) < 4.78 is 7.84. The van der Waals surface area contributed by atoms with Crippen molar-refractivity contribution in [1.82, 2.24) is 14.8 Å². The topological polar surface area (TPSA) is 89.3 Å². The molecule has 2 aromatic heterocycles. The molecule has 3 heterocycles. The number of hydrogen-bond donors (Lipinski definition) is 2. The zero-order chi connectivity index (χ0) is 27.8. The van der Waals surface area contributed by atoms with Crippen LogP contribution in [0, 0.1) is 0 Å². The largest absolute Gasteiger partial charge is 0.481 e. The van der Waals surface area contributed by atoms with E-state index in [9.17, 15) is 9.90 Å². The van der Waals surface area contributed by atoms with Crippen molar-refractivity contribution in [1.29, 1.82) is 0 Å². The Labute approximate surface area is 232 Å². The van der Waals surface area contributed by atoms with Crippen LogP contribution < -0.4 is 10.1 Å². The number of ether oxygens (including phenoxy) is 1. The molecule has 0 spiro atoms. The van der Waals surface area contributed by atoms with Gasteiger partial charge in [0, 0.05) is 31.8 Å². The molecule has 208 valence electrons. The molecule has 0 saturated heterocycles. The van der Waals surface area contributed by atoms with Gasteiger partial charge in [0.25, 0.3) is 0 Å². The molecule has 2 N–H and O–H groups in total. The minimum atomic E-state index is -0.792. The summed E-state index contributed by atoms with van der Waals surface area (Å²) in [4.78, 5) is 16.7. The molecule has 0 bridgehead atoms. The molecule has 3 aromatic rings. The van der Waals surface area contributed by atoms with Gasteiger partial charge in [0.2, 0.25) is 5.88 Å². The fraction of sp³-hybridized carbons (Fsp3) is 0.531. The number of nitrogens with one attached hydrogen (secondary N) is 1. The van der Waals surface area contributed by atoms with Crippen LogP contribution in [0.2, 0.25) is 0 Å². The van der Waals surface area contributed by atoms with Crippen LogP contribution in [-0.4, -0.2) is 39.0 Å². The van der Waals surface area contributed by atoms with Crippen LogP contribution in [0.1, 0.15) is 92.9 Å². The van der Waals surface area contributed by atoms with Gasteiger partial charge in [0.05, 0.1) is 18.7 Å². The normalized spacial score (nSPS) is 16.7. The Balaban J connectivity index is 1.31. The minimum absolute atomic E-state index is 0.0151. The van der Waals surface area contributed by atoms with Gasteiger partial charge in [-0.3, -0.25) is 4.79 Å². The van der Waals surface area contributed by atoms with Crippen molar-refractivity contribution >= 4 is 11.8 Å². The van der Waals surface area contributed by atoms with Gasteiger partial charge in [-0.05, 0) is 77.2 Å². The Morgan fingerprint density at radius 1 is 1.18 bits per heavy atom. The van der Waals surface area contributed by atoms with E-state index in [0.717, 1.165) is 42.2 Å². The molecular formula is C32H42N4O3. The molecule has 1 aliphatic carbocycles. The van der Waals surface area contributed by atoms with Gasteiger partial charge in [-0.2, -0.15) is 5.10 Å². The first-order valence-electron chi connectivity index (χ1n) is 14.3. The summed E-state index contributed by atoms with van der Waals surface area (Å²) in [6.45, 7) is 10.4. The third-order valence-corrected chi connectivity index (χ3v) is 8.31. The average molecular weight is 531 g/mol. The number of hydrogen-bond acceptors (Lipinski definition) is 5. The number of pyridine rings is 1. The number of fused-ring (bicyclic) bond motifs is 1. The van der Waals surface area contributed by atoms with E-state index in [1.54, 1.807) is 4.68 Å². The lowest BCUT2D eigenvalue weighted by Crippen LogP contribution is -2.16. The Morgan fingerprint density at radius 2 is 1.97 bits per heavy atom. The van der Waals surface area contributed by atoms with E-state index in [1.165, 1.54) is 29.5 Å². The van der Waals surface area contributed by atoms with Crippen molar-refractivity contribution in [2.24, 2.45) is 7.05 Å². The van der Waals surface area contributed by atoms with E-state index < -0.39 is 5.97 Å². The van der Waals surface area contributed by atoms with E-state index in [0.29, 0.717) is 25.3 Å². The fourth-order valence-electron chi connectivity index (χ4n) is 5.43. The first-order valence-corrected chi connectivity index (χ1v) is 14.3. The maximum absolute atomic E-state index is 11.9. The highest BCUT2D eigenvalue weighted by atomic mass is 16.5. The lowest BCUT2D eigenvalue weighted by Gasteiger charge is -2.25. The molecule has 1 unspecified atom stereocenters. The lowest BCUT2D eigenvalue weighted by atomic mass is 9.79. The van der Waals surface area contributed by atoms with Crippen molar-refractivity contribution in [3.05, 3.63) is 70.0 Å². The molecule has 1 saturated carbocycles. The summed E-state index contributed by atoms with van der Waals surface area (Å²) in [5.41, 5.74) is 7.00. The smallest absolute Gasteiger partial charge is 0.303 e. The van der Waals surface area contributed by atoms with Gasteiger partial charge in [-0.1, -0.05) is 52.0 Å². The maximum Gasteiger partial charge on any atom is 0.303 e. The number of aryl methyl sites for hydroxylation is 2. The lowest BCUT2D eigenvalue weighted by molar-refractivity contribution is -0.137. The van der Waals surface area contributed by atoms with E-state index in [4.69, 9.17) is 14.8 Å². The Bertz CT molecular complexity index is 1330. The van der Waals surface area contributed by atoms with Crippen LogP contribution in [0.5, 0.6) is 5.88 Å². The van der Waals surface area contributed by atoms with E-state index in [1.807, 2.05) is 13.1 Å². The molecule has 7 heteroatoms. The first-order chi connectivity index (χ1) is 18.5. The second kappa shape index (κ2) is 10.7. The molecule has 1 atom stereocenters. The minimum Gasteiger partial charge on any atom is -0.481 e. The molecular weight excluding hydrogens is 488 g/mol. The predicted molar refractivity (Wildman–Crippen MR) is 154 cm³/mol. The maximum atomic E-state index is 11.9. The summed E-state index contributed by atoms with van der Waals surface area (Å²) in [5, 5.41) is 17.9. The Kier molecular flexibility index (Phi) is 7.45. The van der Waals surface area contributed by atoms with Gasteiger partial charge in [0.15, 0.2) is 0 Å². The van der Waals surface area contributed by atoms with Crippen molar-refractivity contribution < 1.29 is 14.6 Å². The van der Waals surface area contributed by atoms with Crippen LogP contribution >= 0.6 is 0 Å². The second-order valence-corrected chi connectivity index (χ2v) is 12.7. The molecule has 7 nitrogen and oxygen atoms in total. The predicted octanol–water partition coefficient (Wildman–Crippen LogP) is 5.94. The quantitative estimate of drug-likeness (QED) is 0.337. The molecule has 1 fully saturated rings. The number of rotatable bonds is 10. The molecule has 0 radical (unpaired) electrons. The molecule has 1 aromatic carbocycles. The number of carboxylic acids is 1. The number of anilines is 1. The van der Waals surface area contributed by atoms with Crippen molar-refractivity contribution in [2.75, 3.05) is 18.5 Å². The number of benzene rings is 1. The molecule has 2 aliphatic rings.